The van der Waals surface area contributed by atoms with Gasteiger partial charge in [-0.25, -0.2) is 0 Å². The van der Waals surface area contributed by atoms with E-state index in [1.807, 2.05) is 0 Å². The van der Waals surface area contributed by atoms with Crippen LogP contribution in [0, 0.1) is 0 Å². The van der Waals surface area contributed by atoms with E-state index in [1.165, 1.54) is 33.4 Å². The Hall–Kier alpha value is -2.66. The van der Waals surface area contributed by atoms with Gasteiger partial charge in [-0.15, -0.1) is 4.79 Å². The molecule has 0 saturated heterocycles. The van der Waals surface area contributed by atoms with Crippen LogP contribution in [0.3, 0.4) is 0 Å². The molecule has 0 unspecified atom stereocenters. The lowest BCUT2D eigenvalue weighted by Gasteiger charge is -2.18. The minimum absolute atomic E-state index is 0.879. The largest absolute Gasteiger partial charge is 0.348 e. The number of hydrogen-bond acceptors (Lipinski definition) is 0. The lowest BCUT2D eigenvalue weighted by molar-refractivity contribution is 0.00740. The molecule has 2 aromatic carbocycles. The summed E-state index contributed by atoms with van der Waals surface area (Å²) in [4.78, 5) is 3.33. The second-order valence-electron chi connectivity index (χ2n) is 7.86. The minimum Gasteiger partial charge on any atom is -0.348 e. The lowest BCUT2D eigenvalue weighted by Crippen LogP contribution is -2.01. The Morgan fingerprint density at radius 1 is 0.800 bits per heavy atom. The summed E-state index contributed by atoms with van der Waals surface area (Å²) >= 11 is 0. The molecule has 0 aliphatic heterocycles. The molecule has 0 bridgehead atoms. The summed E-state index contributed by atoms with van der Waals surface area (Å²) in [5.41, 5.74) is 18.0. The summed E-state index contributed by atoms with van der Waals surface area (Å²) in [7, 11) is 0. The molecule has 2 rings (SSSR count). The van der Waals surface area contributed by atoms with E-state index in [0.717, 1.165) is 56.9 Å². The van der Waals surface area contributed by atoms with Gasteiger partial charge in [-0.2, -0.15) is 0 Å². The highest BCUT2D eigenvalue weighted by Crippen LogP contribution is 2.35. The SMILES string of the molecule is CCCCC(=C=[N+]=[N-])C(CCCC)=C(c1ccc(CC)cc1)c1cccc(CC)c1. The van der Waals surface area contributed by atoms with Gasteiger partial charge in [-0.1, -0.05) is 89.1 Å². The third-order valence-electron chi connectivity index (χ3n) is 5.69. The molecule has 0 aliphatic carbocycles. The van der Waals surface area contributed by atoms with Gasteiger partial charge in [-0.05, 0) is 71.9 Å². The van der Waals surface area contributed by atoms with Crippen molar-refractivity contribution in [1.29, 1.82) is 0 Å². The van der Waals surface area contributed by atoms with Gasteiger partial charge in [0.15, 0.2) is 0 Å². The lowest BCUT2D eigenvalue weighted by atomic mass is 9.85. The van der Waals surface area contributed by atoms with Crippen molar-refractivity contribution in [2.24, 2.45) is 0 Å². The van der Waals surface area contributed by atoms with Gasteiger partial charge < -0.3 is 5.53 Å². The molecule has 30 heavy (non-hydrogen) atoms. The van der Waals surface area contributed by atoms with E-state index in [2.05, 4.69) is 86.9 Å². The van der Waals surface area contributed by atoms with Crippen LogP contribution in [0.15, 0.2) is 59.7 Å². The Kier molecular flexibility index (Phi) is 10.1. The first-order valence-electron chi connectivity index (χ1n) is 11.6. The highest BCUT2D eigenvalue weighted by molar-refractivity contribution is 5.87. The maximum Gasteiger partial charge on any atom is 0.303 e. The fourth-order valence-electron chi connectivity index (χ4n) is 3.84. The third-order valence-corrected chi connectivity index (χ3v) is 5.69. The Morgan fingerprint density at radius 3 is 2.07 bits per heavy atom. The summed E-state index contributed by atoms with van der Waals surface area (Å²) in [6.45, 7) is 8.80. The van der Waals surface area contributed by atoms with Crippen molar-refractivity contribution < 1.29 is 4.79 Å². The molecule has 158 valence electrons. The van der Waals surface area contributed by atoms with Crippen LogP contribution in [0.4, 0.5) is 0 Å². The van der Waals surface area contributed by atoms with E-state index in [-0.39, 0.29) is 0 Å². The molecule has 2 heteroatoms. The van der Waals surface area contributed by atoms with Crippen LogP contribution >= 0.6 is 0 Å². The standard InChI is InChI=1S/C28H36N2/c1-5-9-13-26(21-30-29)27(15-10-6-2)28(24-18-16-22(7-3)17-19-24)25-14-11-12-23(8-4)20-25/h11-12,14,16-20H,5-10,13,15H2,1-4H3. The Morgan fingerprint density at radius 2 is 1.47 bits per heavy atom. The summed E-state index contributed by atoms with van der Waals surface area (Å²) < 4.78 is 0. The van der Waals surface area contributed by atoms with E-state index >= 15 is 0 Å². The number of allylic oxidation sites excluding steroid dienone is 2. The molecule has 0 atom stereocenters. The Bertz CT molecular complexity index is 921. The summed E-state index contributed by atoms with van der Waals surface area (Å²) in [6, 6.07) is 17.8. The predicted molar refractivity (Wildman–Crippen MR) is 129 cm³/mol. The molecule has 0 aliphatic rings. The van der Waals surface area contributed by atoms with Gasteiger partial charge in [0.1, 0.15) is 0 Å². The number of hydrogen-bond donors (Lipinski definition) is 0. The monoisotopic (exact) mass is 400 g/mol. The van der Waals surface area contributed by atoms with Crippen molar-refractivity contribution in [1.82, 2.24) is 0 Å². The van der Waals surface area contributed by atoms with Gasteiger partial charge in [0.25, 0.3) is 0 Å². The summed E-state index contributed by atoms with van der Waals surface area (Å²) in [5, 5.41) is 0. The number of nitrogens with zero attached hydrogens (tertiary/aromatic N) is 2. The molecular weight excluding hydrogens is 364 g/mol. The second kappa shape index (κ2) is 12.8. The zero-order valence-electron chi connectivity index (χ0n) is 19.2. The van der Waals surface area contributed by atoms with Gasteiger partial charge in [0, 0.05) is 0 Å². The molecule has 2 nitrogen and oxygen atoms in total. The minimum atomic E-state index is 0.879. The highest BCUT2D eigenvalue weighted by atomic mass is 14.8. The highest BCUT2D eigenvalue weighted by Gasteiger charge is 2.18. The normalized spacial score (nSPS) is 11.5. The number of unbranched alkanes of at least 4 members (excludes halogenated alkanes) is 2. The topological polar surface area (TPSA) is 36.4 Å². The molecule has 0 fully saturated rings. The van der Waals surface area contributed by atoms with Gasteiger partial charge in [0.05, 0.1) is 5.57 Å². The fraction of sp³-hybridized carbons (Fsp3) is 0.429. The molecule has 0 radical (unpaired) electrons. The quantitative estimate of drug-likeness (QED) is 0.159. The van der Waals surface area contributed by atoms with E-state index in [4.69, 9.17) is 0 Å². The molecular formula is C28H36N2. The van der Waals surface area contributed by atoms with E-state index in [0.29, 0.717) is 0 Å². The average Bonchev–Trinajstić information content (AvgIpc) is 2.79. The number of rotatable bonds is 11. The van der Waals surface area contributed by atoms with E-state index in [1.54, 1.807) is 0 Å². The van der Waals surface area contributed by atoms with Crippen molar-refractivity contribution in [3.8, 4) is 0 Å². The first-order chi connectivity index (χ1) is 14.7. The summed E-state index contributed by atoms with van der Waals surface area (Å²) in [6.07, 6.45) is 8.26. The first-order valence-corrected chi connectivity index (χ1v) is 11.6. The average molecular weight is 401 g/mol. The smallest absolute Gasteiger partial charge is 0.303 e. The summed E-state index contributed by atoms with van der Waals surface area (Å²) in [5.74, 6) is 2.94. The van der Waals surface area contributed by atoms with Crippen molar-refractivity contribution in [2.75, 3.05) is 0 Å². The van der Waals surface area contributed by atoms with E-state index < -0.39 is 0 Å². The van der Waals surface area contributed by atoms with Crippen molar-refractivity contribution in [3.63, 3.8) is 0 Å². The molecule has 0 spiro atoms. The number of benzene rings is 2. The van der Waals surface area contributed by atoms with Crippen LogP contribution in [-0.2, 0) is 12.8 Å². The van der Waals surface area contributed by atoms with Crippen LogP contribution in [0.1, 0.15) is 88.5 Å². The van der Waals surface area contributed by atoms with E-state index in [9.17, 15) is 5.53 Å². The molecule has 2 aromatic rings. The van der Waals surface area contributed by atoms with Crippen LogP contribution in [0.5, 0.6) is 0 Å². The zero-order valence-corrected chi connectivity index (χ0v) is 19.2. The Balaban J connectivity index is 2.81. The first kappa shape index (κ1) is 23.6. The Labute approximate surface area is 183 Å². The van der Waals surface area contributed by atoms with Crippen molar-refractivity contribution in [2.45, 2.75) is 79.1 Å². The van der Waals surface area contributed by atoms with Gasteiger partial charge in [-0.3, -0.25) is 0 Å². The van der Waals surface area contributed by atoms with Crippen LogP contribution in [0.25, 0.3) is 11.1 Å². The van der Waals surface area contributed by atoms with Gasteiger partial charge in [0.2, 0.25) is 0 Å². The van der Waals surface area contributed by atoms with Crippen LogP contribution < -0.4 is 0 Å². The molecule has 0 aromatic heterocycles. The molecule has 0 N–H and O–H groups in total. The second-order valence-corrected chi connectivity index (χ2v) is 7.86. The molecule has 0 heterocycles. The third kappa shape index (κ3) is 6.42. The molecule has 0 saturated carbocycles. The maximum absolute atomic E-state index is 9.35. The zero-order chi connectivity index (χ0) is 21.8. The van der Waals surface area contributed by atoms with Crippen molar-refractivity contribution in [3.05, 3.63) is 87.5 Å². The van der Waals surface area contributed by atoms with Crippen LogP contribution in [-0.4, -0.2) is 10.7 Å². The van der Waals surface area contributed by atoms with Gasteiger partial charge >= 0.3 is 5.87 Å². The maximum atomic E-state index is 9.35. The number of aryl methyl sites for hydroxylation is 2. The van der Waals surface area contributed by atoms with Crippen molar-refractivity contribution >= 4 is 11.4 Å². The van der Waals surface area contributed by atoms with Crippen LogP contribution in [0.2, 0.25) is 0 Å². The molecule has 0 amide bonds. The predicted octanol–water partition coefficient (Wildman–Crippen LogP) is 7.82. The fourth-order valence-corrected chi connectivity index (χ4v) is 3.84.